The Morgan fingerprint density at radius 2 is 2.12 bits per heavy atom. The quantitative estimate of drug-likeness (QED) is 0.609. The second-order valence-electron chi connectivity index (χ2n) is 6.24. The third-order valence-electron chi connectivity index (χ3n) is 4.53. The highest BCUT2D eigenvalue weighted by atomic mass is 15.3. The highest BCUT2D eigenvalue weighted by molar-refractivity contribution is 5.87. The second kappa shape index (κ2) is 5.49. The van der Waals surface area contributed by atoms with Gasteiger partial charge in [0, 0.05) is 30.9 Å². The Morgan fingerprint density at radius 1 is 1.16 bits per heavy atom. The molecule has 0 aliphatic carbocycles. The van der Waals surface area contributed by atoms with Crippen LogP contribution in [0.1, 0.15) is 11.4 Å². The van der Waals surface area contributed by atoms with Gasteiger partial charge < -0.3 is 5.32 Å². The maximum Gasteiger partial charge on any atom is 0.165 e. The lowest BCUT2D eigenvalue weighted by atomic mass is 10.1. The van der Waals surface area contributed by atoms with E-state index in [4.69, 9.17) is 5.10 Å². The number of fused-ring (bicyclic) bond motifs is 2. The number of nitrogens with one attached hydrogen (secondary N) is 1. The lowest BCUT2D eigenvalue weighted by Gasteiger charge is -2.13. The predicted molar refractivity (Wildman–Crippen MR) is 94.3 cm³/mol. The molecule has 0 spiro atoms. The highest BCUT2D eigenvalue weighted by Gasteiger charge is 2.17. The molecule has 3 aromatic heterocycles. The van der Waals surface area contributed by atoms with Crippen molar-refractivity contribution in [1.82, 2.24) is 34.8 Å². The van der Waals surface area contributed by atoms with E-state index in [1.807, 2.05) is 31.5 Å². The molecule has 0 amide bonds. The lowest BCUT2D eigenvalue weighted by Crippen LogP contribution is -2.28. The Labute approximate surface area is 144 Å². The van der Waals surface area contributed by atoms with E-state index in [1.165, 1.54) is 5.69 Å². The Bertz CT molecular complexity index is 1050. The van der Waals surface area contributed by atoms with Crippen LogP contribution in [-0.2, 0) is 13.1 Å². The summed E-state index contributed by atoms with van der Waals surface area (Å²) in [5.74, 6) is 0.837. The van der Waals surface area contributed by atoms with Gasteiger partial charge in [-0.2, -0.15) is 15.3 Å². The van der Waals surface area contributed by atoms with Crippen molar-refractivity contribution in [3.63, 3.8) is 0 Å². The fourth-order valence-corrected chi connectivity index (χ4v) is 3.35. The van der Waals surface area contributed by atoms with Crippen LogP contribution in [0, 0.1) is 6.92 Å². The molecule has 7 heteroatoms. The van der Waals surface area contributed by atoms with Crippen LogP contribution in [0.2, 0.25) is 0 Å². The van der Waals surface area contributed by atoms with Crippen molar-refractivity contribution in [2.75, 3.05) is 6.54 Å². The molecule has 0 saturated heterocycles. The van der Waals surface area contributed by atoms with E-state index < -0.39 is 0 Å². The van der Waals surface area contributed by atoms with Crippen molar-refractivity contribution in [2.45, 2.75) is 20.0 Å². The van der Waals surface area contributed by atoms with Crippen molar-refractivity contribution in [2.24, 2.45) is 0 Å². The van der Waals surface area contributed by atoms with Gasteiger partial charge in [0.15, 0.2) is 5.82 Å². The normalized spacial score (nSPS) is 14.0. The molecule has 0 bridgehead atoms. The first-order valence-corrected chi connectivity index (χ1v) is 8.34. The van der Waals surface area contributed by atoms with E-state index in [1.54, 1.807) is 0 Å². The number of benzene rings is 1. The molecule has 124 valence electrons. The number of aryl methyl sites for hydroxylation is 1. The highest BCUT2D eigenvalue weighted by Crippen LogP contribution is 2.26. The fraction of sp³-hybridized carbons (Fsp3) is 0.222. The molecule has 0 fully saturated rings. The van der Waals surface area contributed by atoms with E-state index in [0.29, 0.717) is 0 Å². The lowest BCUT2D eigenvalue weighted by molar-refractivity contribution is 0.476. The summed E-state index contributed by atoms with van der Waals surface area (Å²) < 4.78 is 4.13. The number of aromatic nitrogens is 6. The molecule has 0 radical (unpaired) electrons. The fourth-order valence-electron chi connectivity index (χ4n) is 3.35. The smallest absolute Gasteiger partial charge is 0.165 e. The zero-order valence-corrected chi connectivity index (χ0v) is 13.8. The largest absolute Gasteiger partial charge is 0.309 e. The summed E-state index contributed by atoms with van der Waals surface area (Å²) in [5, 5.41) is 17.6. The maximum absolute atomic E-state index is 4.74. The van der Waals surface area contributed by atoms with Crippen LogP contribution in [0.3, 0.4) is 0 Å². The third kappa shape index (κ3) is 2.32. The summed E-state index contributed by atoms with van der Waals surface area (Å²) in [5.41, 5.74) is 4.88. The molecule has 4 aromatic rings. The Morgan fingerprint density at radius 3 is 3.04 bits per heavy atom. The van der Waals surface area contributed by atoms with Crippen LogP contribution >= 0.6 is 0 Å². The van der Waals surface area contributed by atoms with Crippen LogP contribution < -0.4 is 5.32 Å². The molecule has 7 nitrogen and oxygen atoms in total. The van der Waals surface area contributed by atoms with Gasteiger partial charge in [-0.1, -0.05) is 6.07 Å². The first-order chi connectivity index (χ1) is 12.3. The standard InChI is InChI=1S/C18H17N7/c1-12-9-14-15(22-21-12)3-2-4-17(14)24-7-6-20-18(24)16-10-13-11-19-5-8-25(13)23-16/h2-4,6-7,9-10,19H,5,8,11H2,1H3. The van der Waals surface area contributed by atoms with Gasteiger partial charge in [-0.25, -0.2) is 4.98 Å². The molecule has 0 atom stereocenters. The van der Waals surface area contributed by atoms with E-state index >= 15 is 0 Å². The van der Waals surface area contributed by atoms with Gasteiger partial charge in [0.25, 0.3) is 0 Å². The third-order valence-corrected chi connectivity index (χ3v) is 4.53. The van der Waals surface area contributed by atoms with Gasteiger partial charge in [-0.15, -0.1) is 0 Å². The van der Waals surface area contributed by atoms with Gasteiger partial charge in [-0.05, 0) is 31.2 Å². The number of rotatable bonds is 2. The summed E-state index contributed by atoms with van der Waals surface area (Å²) in [6, 6.07) is 10.2. The molecule has 4 heterocycles. The van der Waals surface area contributed by atoms with Crippen LogP contribution in [-0.4, -0.2) is 36.1 Å². The number of nitrogens with zero attached hydrogens (tertiary/aromatic N) is 6. The number of hydrogen-bond acceptors (Lipinski definition) is 5. The topological polar surface area (TPSA) is 73.5 Å². The molecule has 1 aliphatic heterocycles. The van der Waals surface area contributed by atoms with E-state index in [9.17, 15) is 0 Å². The maximum atomic E-state index is 4.74. The van der Waals surface area contributed by atoms with Crippen LogP contribution in [0.25, 0.3) is 28.1 Å². The molecule has 5 rings (SSSR count). The first-order valence-electron chi connectivity index (χ1n) is 8.34. The summed E-state index contributed by atoms with van der Waals surface area (Å²) in [4.78, 5) is 4.57. The minimum Gasteiger partial charge on any atom is -0.309 e. The number of imidazole rings is 1. The molecule has 1 N–H and O–H groups in total. The number of hydrogen-bond donors (Lipinski definition) is 1. The van der Waals surface area contributed by atoms with E-state index in [0.717, 1.165) is 53.4 Å². The van der Waals surface area contributed by atoms with Gasteiger partial charge in [0.05, 0.1) is 29.1 Å². The minimum absolute atomic E-state index is 0.837. The van der Waals surface area contributed by atoms with Gasteiger partial charge in [0.1, 0.15) is 5.69 Å². The Kier molecular flexibility index (Phi) is 3.14. The van der Waals surface area contributed by atoms with Crippen LogP contribution in [0.15, 0.2) is 42.7 Å². The van der Waals surface area contributed by atoms with Crippen molar-refractivity contribution >= 4 is 10.9 Å². The summed E-state index contributed by atoms with van der Waals surface area (Å²) in [6.07, 6.45) is 3.78. The Hall–Kier alpha value is -3.06. The summed E-state index contributed by atoms with van der Waals surface area (Å²) >= 11 is 0. The summed E-state index contributed by atoms with van der Waals surface area (Å²) in [7, 11) is 0. The second-order valence-corrected chi connectivity index (χ2v) is 6.24. The molecular weight excluding hydrogens is 314 g/mol. The molecule has 0 unspecified atom stereocenters. The minimum atomic E-state index is 0.837. The van der Waals surface area contributed by atoms with Crippen LogP contribution in [0.5, 0.6) is 0 Å². The molecular formula is C18H17N7. The zero-order chi connectivity index (χ0) is 16.8. The van der Waals surface area contributed by atoms with Crippen molar-refractivity contribution in [3.8, 4) is 17.2 Å². The molecule has 0 saturated carbocycles. The van der Waals surface area contributed by atoms with E-state index in [2.05, 4.69) is 47.9 Å². The monoisotopic (exact) mass is 331 g/mol. The van der Waals surface area contributed by atoms with Crippen LogP contribution in [0.4, 0.5) is 0 Å². The average Bonchev–Trinajstić information content (AvgIpc) is 3.27. The van der Waals surface area contributed by atoms with Gasteiger partial charge in [0.2, 0.25) is 0 Å². The average molecular weight is 331 g/mol. The molecule has 1 aromatic carbocycles. The van der Waals surface area contributed by atoms with Gasteiger partial charge >= 0.3 is 0 Å². The van der Waals surface area contributed by atoms with Crippen molar-refractivity contribution in [3.05, 3.63) is 54.1 Å². The Balaban J connectivity index is 1.69. The summed E-state index contributed by atoms with van der Waals surface area (Å²) in [6.45, 7) is 4.63. The SMILES string of the molecule is Cc1cc2c(-n3ccnc3-c3cc4n(n3)CCNC4)cccc2nn1. The first kappa shape index (κ1) is 14.3. The van der Waals surface area contributed by atoms with E-state index in [-0.39, 0.29) is 0 Å². The molecule has 25 heavy (non-hydrogen) atoms. The predicted octanol–water partition coefficient (Wildman–Crippen LogP) is 2.09. The van der Waals surface area contributed by atoms with Crippen molar-refractivity contribution < 1.29 is 0 Å². The zero-order valence-electron chi connectivity index (χ0n) is 13.8. The molecule has 1 aliphatic rings. The van der Waals surface area contributed by atoms with Gasteiger partial charge in [-0.3, -0.25) is 9.25 Å². The van der Waals surface area contributed by atoms with Crippen molar-refractivity contribution in [1.29, 1.82) is 0 Å².